The van der Waals surface area contributed by atoms with Crippen LogP contribution in [0.4, 0.5) is 4.79 Å². The Bertz CT molecular complexity index is 476. The Kier molecular flexibility index (Phi) is 6.29. The topological polar surface area (TPSA) is 61.8 Å². The lowest BCUT2D eigenvalue weighted by Gasteiger charge is -2.06. The molecule has 108 valence electrons. The van der Waals surface area contributed by atoms with E-state index in [0.29, 0.717) is 17.7 Å². The molecule has 0 unspecified atom stereocenters. The minimum atomic E-state index is -0.778. The molecule has 0 N–H and O–H groups in total. The van der Waals surface area contributed by atoms with E-state index in [9.17, 15) is 9.59 Å². The van der Waals surface area contributed by atoms with E-state index in [1.54, 1.807) is 19.1 Å². The molecule has 0 spiro atoms. The summed E-state index contributed by atoms with van der Waals surface area (Å²) in [6, 6.07) is 7.04. The van der Waals surface area contributed by atoms with Crippen molar-refractivity contribution in [3.8, 4) is 5.75 Å². The van der Waals surface area contributed by atoms with Gasteiger partial charge < -0.3 is 14.2 Å². The van der Waals surface area contributed by atoms with Gasteiger partial charge in [0.15, 0.2) is 0 Å². The summed E-state index contributed by atoms with van der Waals surface area (Å²) in [4.78, 5) is 22.4. The number of benzene rings is 1. The van der Waals surface area contributed by atoms with Gasteiger partial charge >= 0.3 is 12.1 Å². The van der Waals surface area contributed by atoms with Gasteiger partial charge in [-0.2, -0.15) is 0 Å². The summed E-state index contributed by atoms with van der Waals surface area (Å²) >= 11 is 0. The zero-order valence-corrected chi connectivity index (χ0v) is 11.7. The van der Waals surface area contributed by atoms with Gasteiger partial charge in [0.1, 0.15) is 5.75 Å². The lowest BCUT2D eigenvalue weighted by molar-refractivity contribution is -0.139. The van der Waals surface area contributed by atoms with Crippen molar-refractivity contribution in [3.05, 3.63) is 42.0 Å². The lowest BCUT2D eigenvalue weighted by Crippen LogP contribution is -2.13. The molecule has 0 saturated carbocycles. The van der Waals surface area contributed by atoms with Crippen LogP contribution in [0.5, 0.6) is 5.75 Å². The molecule has 0 aliphatic carbocycles. The summed E-state index contributed by atoms with van der Waals surface area (Å²) in [5.74, 6) is -0.0264. The molecule has 5 nitrogen and oxygen atoms in total. The van der Waals surface area contributed by atoms with Gasteiger partial charge in [0.25, 0.3) is 0 Å². The summed E-state index contributed by atoms with van der Waals surface area (Å²) in [5.41, 5.74) is 1.41. The predicted molar refractivity (Wildman–Crippen MR) is 73.5 cm³/mol. The lowest BCUT2D eigenvalue weighted by atomic mass is 10.2. The molecule has 0 aromatic heterocycles. The van der Waals surface area contributed by atoms with Gasteiger partial charge in [-0.3, -0.25) is 0 Å². The summed E-state index contributed by atoms with van der Waals surface area (Å²) in [6.07, 6.45) is -0.373. The highest BCUT2D eigenvalue weighted by Crippen LogP contribution is 2.12. The fourth-order valence-corrected chi connectivity index (χ4v) is 1.23. The van der Waals surface area contributed by atoms with Crippen molar-refractivity contribution in [2.24, 2.45) is 0 Å². The molecule has 1 rings (SSSR count). The van der Waals surface area contributed by atoms with Gasteiger partial charge in [0.05, 0.1) is 13.2 Å². The third-order valence-electron chi connectivity index (χ3n) is 2.31. The summed E-state index contributed by atoms with van der Waals surface area (Å²) in [6.45, 7) is 7.25. The zero-order chi connectivity index (χ0) is 15.0. The number of esters is 1. The first-order valence-electron chi connectivity index (χ1n) is 6.23. The fraction of sp³-hybridized carbons (Fsp3) is 0.333. The molecule has 0 fully saturated rings. The Hall–Kier alpha value is -2.30. The number of hydrogen-bond acceptors (Lipinski definition) is 5. The van der Waals surface area contributed by atoms with E-state index in [4.69, 9.17) is 14.2 Å². The number of ether oxygens (including phenoxy) is 3. The molecule has 0 bridgehead atoms. The highest BCUT2D eigenvalue weighted by molar-refractivity contribution is 5.86. The van der Waals surface area contributed by atoms with Crippen LogP contribution < -0.4 is 4.74 Å². The molecule has 1 aromatic carbocycles. The Balaban J connectivity index is 2.16. The highest BCUT2D eigenvalue weighted by atomic mass is 16.7. The number of aryl methyl sites for hydroxylation is 1. The fourth-order valence-electron chi connectivity index (χ4n) is 1.23. The first-order chi connectivity index (χ1) is 9.49. The Morgan fingerprint density at radius 1 is 1.10 bits per heavy atom. The van der Waals surface area contributed by atoms with Gasteiger partial charge in [0, 0.05) is 12.0 Å². The van der Waals surface area contributed by atoms with E-state index in [2.05, 4.69) is 6.58 Å². The van der Waals surface area contributed by atoms with E-state index in [-0.39, 0.29) is 13.2 Å². The molecule has 0 aliphatic rings. The van der Waals surface area contributed by atoms with Gasteiger partial charge in [-0.1, -0.05) is 24.3 Å². The molecule has 0 radical (unpaired) electrons. The van der Waals surface area contributed by atoms with E-state index in [1.807, 2.05) is 19.1 Å². The van der Waals surface area contributed by atoms with Crippen LogP contribution in [-0.4, -0.2) is 25.3 Å². The van der Waals surface area contributed by atoms with E-state index < -0.39 is 12.1 Å². The van der Waals surface area contributed by atoms with Gasteiger partial charge in [-0.25, -0.2) is 9.59 Å². The van der Waals surface area contributed by atoms with E-state index in [0.717, 1.165) is 5.56 Å². The van der Waals surface area contributed by atoms with Crippen molar-refractivity contribution in [2.45, 2.75) is 20.3 Å². The molecular weight excluding hydrogens is 260 g/mol. The first kappa shape index (κ1) is 15.8. The van der Waals surface area contributed by atoms with Crippen LogP contribution in [0.25, 0.3) is 0 Å². The van der Waals surface area contributed by atoms with Gasteiger partial charge in [-0.15, -0.1) is 0 Å². The minimum absolute atomic E-state index is 0.119. The SMILES string of the molecule is C=C(C)C(=O)OCCCOC(=O)Oc1ccc(C)cc1. The standard InChI is InChI=1S/C15H18O5/c1-11(2)14(16)18-9-4-10-19-15(17)20-13-7-5-12(3)6-8-13/h5-8H,1,4,9-10H2,2-3H3. The molecule has 0 amide bonds. The number of rotatable bonds is 6. The van der Waals surface area contributed by atoms with E-state index >= 15 is 0 Å². The van der Waals surface area contributed by atoms with Crippen LogP contribution in [0, 0.1) is 6.92 Å². The third kappa shape index (κ3) is 6.04. The van der Waals surface area contributed by atoms with Crippen molar-refractivity contribution in [1.82, 2.24) is 0 Å². The molecular formula is C15H18O5. The maximum Gasteiger partial charge on any atom is 0.513 e. The highest BCUT2D eigenvalue weighted by Gasteiger charge is 2.06. The maximum atomic E-state index is 11.3. The quantitative estimate of drug-likeness (QED) is 0.346. The van der Waals surface area contributed by atoms with Crippen molar-refractivity contribution in [1.29, 1.82) is 0 Å². The molecule has 0 aliphatic heterocycles. The smallest absolute Gasteiger partial charge is 0.462 e. The molecule has 5 heteroatoms. The average Bonchev–Trinajstić information content (AvgIpc) is 2.40. The third-order valence-corrected chi connectivity index (χ3v) is 2.31. The van der Waals surface area contributed by atoms with Crippen molar-refractivity contribution in [2.75, 3.05) is 13.2 Å². The van der Waals surface area contributed by atoms with Crippen LogP contribution in [0.2, 0.25) is 0 Å². The average molecular weight is 278 g/mol. The summed E-state index contributed by atoms with van der Waals surface area (Å²) < 4.78 is 14.6. The maximum absolute atomic E-state index is 11.3. The minimum Gasteiger partial charge on any atom is -0.462 e. The second-order valence-corrected chi connectivity index (χ2v) is 4.28. The molecule has 0 atom stereocenters. The van der Waals surface area contributed by atoms with Gasteiger partial charge in [-0.05, 0) is 26.0 Å². The summed E-state index contributed by atoms with van der Waals surface area (Å²) in [7, 11) is 0. The van der Waals surface area contributed by atoms with Crippen LogP contribution in [0.15, 0.2) is 36.4 Å². The predicted octanol–water partition coefficient (Wildman–Crippen LogP) is 3.02. The second-order valence-electron chi connectivity index (χ2n) is 4.28. The van der Waals surface area contributed by atoms with Crippen molar-refractivity contribution >= 4 is 12.1 Å². The summed E-state index contributed by atoms with van der Waals surface area (Å²) in [5, 5.41) is 0. The zero-order valence-electron chi connectivity index (χ0n) is 11.7. The number of carbonyl (C=O) groups excluding carboxylic acids is 2. The van der Waals surface area contributed by atoms with Crippen LogP contribution in [0.1, 0.15) is 18.9 Å². The Morgan fingerprint density at radius 2 is 1.70 bits per heavy atom. The number of carbonyl (C=O) groups is 2. The monoisotopic (exact) mass is 278 g/mol. The van der Waals surface area contributed by atoms with Crippen LogP contribution in [-0.2, 0) is 14.3 Å². The van der Waals surface area contributed by atoms with Gasteiger partial charge in [0.2, 0.25) is 0 Å². The molecule has 0 saturated heterocycles. The molecule has 0 heterocycles. The molecule has 1 aromatic rings. The van der Waals surface area contributed by atoms with Crippen molar-refractivity contribution in [3.63, 3.8) is 0 Å². The first-order valence-corrected chi connectivity index (χ1v) is 6.23. The number of hydrogen-bond donors (Lipinski definition) is 0. The van der Waals surface area contributed by atoms with E-state index in [1.165, 1.54) is 0 Å². The Morgan fingerprint density at radius 3 is 2.30 bits per heavy atom. The Labute approximate surface area is 118 Å². The van der Waals surface area contributed by atoms with Crippen LogP contribution >= 0.6 is 0 Å². The van der Waals surface area contributed by atoms with Crippen molar-refractivity contribution < 1.29 is 23.8 Å². The largest absolute Gasteiger partial charge is 0.513 e. The van der Waals surface area contributed by atoms with Crippen LogP contribution in [0.3, 0.4) is 0 Å². The normalized spacial score (nSPS) is 9.70. The second kappa shape index (κ2) is 7.99. The molecule has 20 heavy (non-hydrogen) atoms.